The van der Waals surface area contributed by atoms with Gasteiger partial charge in [0.15, 0.2) is 0 Å². The number of nitrogens with zero attached hydrogens (tertiary/aromatic N) is 3. The molecule has 5 heteroatoms. The van der Waals surface area contributed by atoms with Crippen LogP contribution in [0.25, 0.3) is 0 Å². The van der Waals surface area contributed by atoms with Crippen LogP contribution in [0.2, 0.25) is 0 Å². The second-order valence-electron chi connectivity index (χ2n) is 4.27. The first-order chi connectivity index (χ1) is 7.79. The molecule has 0 radical (unpaired) electrons. The van der Waals surface area contributed by atoms with Gasteiger partial charge in [-0.05, 0) is 25.2 Å². The Labute approximate surface area is 95.3 Å². The van der Waals surface area contributed by atoms with Crippen molar-refractivity contribution in [1.29, 1.82) is 0 Å². The minimum Gasteiger partial charge on any atom is -0.396 e. The Hall–Kier alpha value is -1.36. The van der Waals surface area contributed by atoms with Crippen molar-refractivity contribution in [3.8, 4) is 0 Å². The summed E-state index contributed by atoms with van der Waals surface area (Å²) in [6, 6.07) is 1.81. The zero-order valence-electron chi connectivity index (χ0n) is 9.34. The summed E-state index contributed by atoms with van der Waals surface area (Å²) in [4.78, 5) is 10.3. The second-order valence-corrected chi connectivity index (χ2v) is 4.27. The maximum absolute atomic E-state index is 8.96. The van der Waals surface area contributed by atoms with Crippen LogP contribution in [-0.4, -0.2) is 34.8 Å². The molecule has 2 rings (SSSR count). The van der Waals surface area contributed by atoms with E-state index in [2.05, 4.69) is 14.9 Å². The number of anilines is 2. The summed E-state index contributed by atoms with van der Waals surface area (Å²) in [6.07, 6.45) is 4.71. The number of hydrogen-bond acceptors (Lipinski definition) is 5. The van der Waals surface area contributed by atoms with Crippen molar-refractivity contribution in [2.45, 2.75) is 19.3 Å². The van der Waals surface area contributed by atoms with Gasteiger partial charge in [0, 0.05) is 25.8 Å². The summed E-state index contributed by atoms with van der Waals surface area (Å²) in [5.41, 5.74) is 5.64. The smallest absolute Gasteiger partial charge is 0.134 e. The highest BCUT2D eigenvalue weighted by atomic mass is 16.3. The van der Waals surface area contributed by atoms with E-state index in [1.165, 1.54) is 12.7 Å². The molecule has 16 heavy (non-hydrogen) atoms. The van der Waals surface area contributed by atoms with Gasteiger partial charge in [-0.15, -0.1) is 0 Å². The van der Waals surface area contributed by atoms with Gasteiger partial charge >= 0.3 is 0 Å². The molecule has 1 atom stereocenters. The van der Waals surface area contributed by atoms with E-state index in [4.69, 9.17) is 10.8 Å². The van der Waals surface area contributed by atoms with Crippen molar-refractivity contribution in [3.05, 3.63) is 12.4 Å². The number of nitrogen functional groups attached to an aromatic ring is 1. The van der Waals surface area contributed by atoms with Crippen molar-refractivity contribution in [3.63, 3.8) is 0 Å². The van der Waals surface area contributed by atoms with E-state index in [0.29, 0.717) is 11.7 Å². The standard InChI is InChI=1S/C11H18N4O/c12-10-6-11(14-8-13-10)15-4-1-2-9(7-15)3-5-16/h6,8-9,16H,1-5,7H2,(H2,12,13,14). The van der Waals surface area contributed by atoms with Crippen LogP contribution in [0.15, 0.2) is 12.4 Å². The summed E-state index contributed by atoms with van der Waals surface area (Å²) in [6.45, 7) is 2.24. The first kappa shape index (κ1) is 11.1. The Morgan fingerprint density at radius 1 is 1.50 bits per heavy atom. The van der Waals surface area contributed by atoms with Gasteiger partial charge in [0.05, 0.1) is 0 Å². The van der Waals surface area contributed by atoms with Crippen molar-refractivity contribution >= 4 is 11.6 Å². The van der Waals surface area contributed by atoms with Gasteiger partial charge in [-0.3, -0.25) is 0 Å². The first-order valence-corrected chi connectivity index (χ1v) is 5.73. The minimum absolute atomic E-state index is 0.268. The van der Waals surface area contributed by atoms with Crippen LogP contribution < -0.4 is 10.6 Å². The Kier molecular flexibility index (Phi) is 3.56. The molecule has 1 saturated heterocycles. The summed E-state index contributed by atoms with van der Waals surface area (Å²) in [5.74, 6) is 1.97. The third-order valence-corrected chi connectivity index (χ3v) is 3.05. The van der Waals surface area contributed by atoms with Gasteiger partial charge < -0.3 is 15.7 Å². The number of aliphatic hydroxyl groups excluding tert-OH is 1. The largest absolute Gasteiger partial charge is 0.396 e. The SMILES string of the molecule is Nc1cc(N2CCCC(CCO)C2)ncn1. The van der Waals surface area contributed by atoms with Gasteiger partial charge in [0.1, 0.15) is 18.0 Å². The second kappa shape index (κ2) is 5.12. The highest BCUT2D eigenvalue weighted by molar-refractivity contribution is 5.46. The van der Waals surface area contributed by atoms with E-state index < -0.39 is 0 Å². The zero-order valence-corrected chi connectivity index (χ0v) is 9.34. The molecule has 1 aliphatic rings. The number of piperidine rings is 1. The van der Waals surface area contributed by atoms with Crippen LogP contribution in [-0.2, 0) is 0 Å². The summed E-state index contributed by atoms with van der Waals surface area (Å²) in [5, 5.41) is 8.96. The minimum atomic E-state index is 0.268. The van der Waals surface area contributed by atoms with E-state index in [9.17, 15) is 0 Å². The van der Waals surface area contributed by atoms with E-state index >= 15 is 0 Å². The third kappa shape index (κ3) is 2.61. The number of nitrogens with two attached hydrogens (primary N) is 1. The van der Waals surface area contributed by atoms with Gasteiger partial charge in [-0.1, -0.05) is 0 Å². The van der Waals surface area contributed by atoms with Gasteiger partial charge in [-0.25, -0.2) is 9.97 Å². The predicted octanol–water partition coefficient (Wildman–Crippen LogP) is 0.658. The van der Waals surface area contributed by atoms with Gasteiger partial charge in [-0.2, -0.15) is 0 Å². The van der Waals surface area contributed by atoms with Crippen LogP contribution in [0.4, 0.5) is 11.6 Å². The number of rotatable bonds is 3. The van der Waals surface area contributed by atoms with Crippen LogP contribution in [0, 0.1) is 5.92 Å². The summed E-state index contributed by atoms with van der Waals surface area (Å²) < 4.78 is 0. The molecule has 0 spiro atoms. The molecule has 1 fully saturated rings. The van der Waals surface area contributed by atoms with Crippen LogP contribution in [0.5, 0.6) is 0 Å². The fourth-order valence-corrected chi connectivity index (χ4v) is 2.23. The average Bonchev–Trinajstić information content (AvgIpc) is 2.30. The Morgan fingerprint density at radius 3 is 3.12 bits per heavy atom. The molecule has 0 saturated carbocycles. The lowest BCUT2D eigenvalue weighted by molar-refractivity contribution is 0.244. The molecule has 5 nitrogen and oxygen atoms in total. The average molecular weight is 222 g/mol. The molecule has 0 aliphatic carbocycles. The first-order valence-electron chi connectivity index (χ1n) is 5.73. The monoisotopic (exact) mass is 222 g/mol. The molecule has 0 bridgehead atoms. The summed E-state index contributed by atoms with van der Waals surface area (Å²) >= 11 is 0. The van der Waals surface area contributed by atoms with E-state index in [0.717, 1.165) is 31.7 Å². The molecule has 1 unspecified atom stereocenters. The number of hydrogen-bond donors (Lipinski definition) is 2. The summed E-state index contributed by atoms with van der Waals surface area (Å²) in [7, 11) is 0. The Balaban J connectivity index is 2.03. The van der Waals surface area contributed by atoms with Crippen LogP contribution in [0.3, 0.4) is 0 Å². The molecule has 3 N–H and O–H groups in total. The maximum Gasteiger partial charge on any atom is 0.134 e. The molecule has 2 heterocycles. The molecule has 0 amide bonds. The molecule has 1 aromatic heterocycles. The predicted molar refractivity (Wildman–Crippen MR) is 63.1 cm³/mol. The Bertz CT molecular complexity index is 343. The molecule has 88 valence electrons. The third-order valence-electron chi connectivity index (χ3n) is 3.05. The number of aliphatic hydroxyl groups is 1. The lowest BCUT2D eigenvalue weighted by Gasteiger charge is -2.33. The van der Waals surface area contributed by atoms with E-state index in [1.54, 1.807) is 6.07 Å². The highest BCUT2D eigenvalue weighted by Crippen LogP contribution is 2.23. The van der Waals surface area contributed by atoms with Crippen molar-refractivity contribution in [2.75, 3.05) is 30.3 Å². The maximum atomic E-state index is 8.96. The number of aromatic nitrogens is 2. The van der Waals surface area contributed by atoms with Crippen LogP contribution in [0.1, 0.15) is 19.3 Å². The molecule has 0 aromatic carbocycles. The van der Waals surface area contributed by atoms with Gasteiger partial charge in [0.25, 0.3) is 0 Å². The fourth-order valence-electron chi connectivity index (χ4n) is 2.23. The highest BCUT2D eigenvalue weighted by Gasteiger charge is 2.20. The van der Waals surface area contributed by atoms with Crippen molar-refractivity contribution in [2.24, 2.45) is 5.92 Å². The van der Waals surface area contributed by atoms with E-state index in [-0.39, 0.29) is 6.61 Å². The molecule has 1 aliphatic heterocycles. The van der Waals surface area contributed by atoms with Gasteiger partial charge in [0.2, 0.25) is 0 Å². The fraction of sp³-hybridized carbons (Fsp3) is 0.636. The Morgan fingerprint density at radius 2 is 2.38 bits per heavy atom. The van der Waals surface area contributed by atoms with Crippen molar-refractivity contribution in [1.82, 2.24) is 9.97 Å². The quantitative estimate of drug-likeness (QED) is 0.785. The van der Waals surface area contributed by atoms with Crippen LogP contribution >= 0.6 is 0 Å². The van der Waals surface area contributed by atoms with Crippen molar-refractivity contribution < 1.29 is 5.11 Å². The molecule has 1 aromatic rings. The lowest BCUT2D eigenvalue weighted by Crippen LogP contribution is -2.36. The normalized spacial score (nSPS) is 21.1. The molecular formula is C11H18N4O. The topological polar surface area (TPSA) is 75.3 Å². The van der Waals surface area contributed by atoms with E-state index in [1.807, 2.05) is 0 Å². The molecular weight excluding hydrogens is 204 g/mol. The lowest BCUT2D eigenvalue weighted by atomic mass is 9.95. The zero-order chi connectivity index (χ0) is 11.4.